The van der Waals surface area contributed by atoms with Gasteiger partial charge in [0.15, 0.2) is 0 Å². The average molecular weight is 268 g/mol. The third-order valence-corrected chi connectivity index (χ3v) is 4.34. The van der Waals surface area contributed by atoms with E-state index in [0.29, 0.717) is 11.5 Å². The first-order valence-corrected chi connectivity index (χ1v) is 8.48. The SMILES string of the molecule is CC(C)CC1(CNCCCCNC(C)C)CCCC1. The summed E-state index contributed by atoms with van der Waals surface area (Å²) in [6.07, 6.45) is 9.81. The minimum absolute atomic E-state index is 0.626. The first kappa shape index (κ1) is 17.0. The molecule has 1 saturated carbocycles. The van der Waals surface area contributed by atoms with E-state index in [9.17, 15) is 0 Å². The van der Waals surface area contributed by atoms with Crippen LogP contribution in [0.2, 0.25) is 0 Å². The minimum Gasteiger partial charge on any atom is -0.316 e. The van der Waals surface area contributed by atoms with Gasteiger partial charge in [0.05, 0.1) is 0 Å². The van der Waals surface area contributed by atoms with Crippen LogP contribution in [0.4, 0.5) is 0 Å². The van der Waals surface area contributed by atoms with Crippen molar-refractivity contribution in [1.82, 2.24) is 10.6 Å². The van der Waals surface area contributed by atoms with E-state index in [0.717, 1.165) is 12.5 Å². The average Bonchev–Trinajstić information content (AvgIpc) is 2.75. The molecule has 0 radical (unpaired) electrons. The molecular formula is C17H36N2. The highest BCUT2D eigenvalue weighted by Crippen LogP contribution is 2.42. The molecule has 19 heavy (non-hydrogen) atoms. The van der Waals surface area contributed by atoms with Gasteiger partial charge < -0.3 is 10.6 Å². The van der Waals surface area contributed by atoms with Crippen LogP contribution in [0.1, 0.15) is 72.6 Å². The van der Waals surface area contributed by atoms with Crippen molar-refractivity contribution in [3.63, 3.8) is 0 Å². The van der Waals surface area contributed by atoms with Gasteiger partial charge in [0.25, 0.3) is 0 Å². The summed E-state index contributed by atoms with van der Waals surface area (Å²) < 4.78 is 0. The smallest absolute Gasteiger partial charge is 0.00103 e. The minimum atomic E-state index is 0.626. The van der Waals surface area contributed by atoms with E-state index in [1.807, 2.05) is 0 Å². The summed E-state index contributed by atoms with van der Waals surface area (Å²) in [5, 5.41) is 7.22. The molecule has 1 aliphatic rings. The van der Waals surface area contributed by atoms with E-state index >= 15 is 0 Å². The van der Waals surface area contributed by atoms with Gasteiger partial charge >= 0.3 is 0 Å². The fourth-order valence-electron chi connectivity index (χ4n) is 3.56. The fraction of sp³-hybridized carbons (Fsp3) is 1.00. The van der Waals surface area contributed by atoms with Crippen molar-refractivity contribution in [3.05, 3.63) is 0 Å². The van der Waals surface area contributed by atoms with Gasteiger partial charge in [0.2, 0.25) is 0 Å². The van der Waals surface area contributed by atoms with Gasteiger partial charge in [-0.2, -0.15) is 0 Å². The Morgan fingerprint density at radius 2 is 1.58 bits per heavy atom. The molecule has 0 amide bonds. The Balaban J connectivity index is 2.09. The summed E-state index contributed by atoms with van der Waals surface area (Å²) in [6.45, 7) is 12.8. The first-order valence-electron chi connectivity index (χ1n) is 8.48. The Hall–Kier alpha value is -0.0800. The molecule has 1 aliphatic carbocycles. The molecule has 0 atom stereocenters. The van der Waals surface area contributed by atoms with Gasteiger partial charge in [0.1, 0.15) is 0 Å². The van der Waals surface area contributed by atoms with Crippen LogP contribution in [-0.2, 0) is 0 Å². The van der Waals surface area contributed by atoms with Crippen LogP contribution in [0.15, 0.2) is 0 Å². The number of nitrogens with one attached hydrogen (secondary N) is 2. The van der Waals surface area contributed by atoms with Crippen molar-refractivity contribution in [2.75, 3.05) is 19.6 Å². The predicted molar refractivity (Wildman–Crippen MR) is 85.6 cm³/mol. The molecule has 0 bridgehead atoms. The van der Waals surface area contributed by atoms with Gasteiger partial charge in [-0.3, -0.25) is 0 Å². The second-order valence-corrected chi connectivity index (χ2v) is 7.30. The molecule has 1 fully saturated rings. The second-order valence-electron chi connectivity index (χ2n) is 7.30. The maximum absolute atomic E-state index is 3.73. The summed E-state index contributed by atoms with van der Waals surface area (Å²) in [5.41, 5.74) is 0.629. The highest BCUT2D eigenvalue weighted by Gasteiger charge is 2.33. The third-order valence-electron chi connectivity index (χ3n) is 4.34. The summed E-state index contributed by atoms with van der Waals surface area (Å²) in [6, 6.07) is 0.626. The molecule has 2 N–H and O–H groups in total. The number of rotatable bonds is 10. The lowest BCUT2D eigenvalue weighted by molar-refractivity contribution is 0.224. The van der Waals surface area contributed by atoms with E-state index < -0.39 is 0 Å². The zero-order valence-electron chi connectivity index (χ0n) is 13.7. The van der Waals surface area contributed by atoms with Crippen molar-refractivity contribution in [1.29, 1.82) is 0 Å². The van der Waals surface area contributed by atoms with Crippen molar-refractivity contribution < 1.29 is 0 Å². The molecule has 0 spiro atoms. The zero-order valence-corrected chi connectivity index (χ0v) is 13.7. The molecule has 0 heterocycles. The first-order chi connectivity index (χ1) is 9.04. The molecular weight excluding hydrogens is 232 g/mol. The Morgan fingerprint density at radius 1 is 0.947 bits per heavy atom. The quantitative estimate of drug-likeness (QED) is 0.586. The number of hydrogen-bond acceptors (Lipinski definition) is 2. The van der Waals surface area contributed by atoms with Crippen molar-refractivity contribution in [2.24, 2.45) is 11.3 Å². The molecule has 0 saturated heterocycles. The Kier molecular flexibility index (Phi) is 8.01. The number of hydrogen-bond donors (Lipinski definition) is 2. The Morgan fingerprint density at radius 3 is 2.16 bits per heavy atom. The van der Waals surface area contributed by atoms with Gasteiger partial charge in [-0.1, -0.05) is 40.5 Å². The topological polar surface area (TPSA) is 24.1 Å². The molecule has 2 heteroatoms. The molecule has 0 aliphatic heterocycles. The van der Waals surface area contributed by atoms with Crippen LogP contribution in [0.3, 0.4) is 0 Å². The maximum atomic E-state index is 3.73. The lowest BCUT2D eigenvalue weighted by Gasteiger charge is -2.31. The molecule has 0 aromatic carbocycles. The van der Waals surface area contributed by atoms with Gasteiger partial charge in [-0.15, -0.1) is 0 Å². The monoisotopic (exact) mass is 268 g/mol. The van der Waals surface area contributed by atoms with Crippen LogP contribution in [0.5, 0.6) is 0 Å². The van der Waals surface area contributed by atoms with Crippen LogP contribution in [0, 0.1) is 11.3 Å². The Labute approximate surface area is 121 Å². The molecule has 114 valence electrons. The third kappa shape index (κ3) is 7.31. The lowest BCUT2D eigenvalue weighted by atomic mass is 9.78. The van der Waals surface area contributed by atoms with Crippen molar-refractivity contribution >= 4 is 0 Å². The van der Waals surface area contributed by atoms with Crippen molar-refractivity contribution in [3.8, 4) is 0 Å². The van der Waals surface area contributed by atoms with E-state index in [2.05, 4.69) is 38.3 Å². The zero-order chi connectivity index (χ0) is 14.1. The molecule has 0 aromatic heterocycles. The standard InChI is InChI=1S/C17H36N2/c1-15(2)13-17(9-5-6-10-17)14-18-11-7-8-12-19-16(3)4/h15-16,18-19H,5-14H2,1-4H3. The highest BCUT2D eigenvalue weighted by atomic mass is 14.9. The van der Waals surface area contributed by atoms with E-state index in [1.165, 1.54) is 58.0 Å². The van der Waals surface area contributed by atoms with Gasteiger partial charge in [-0.25, -0.2) is 0 Å². The predicted octanol–water partition coefficient (Wildman–Crippen LogP) is 3.96. The normalized spacial score (nSPS) is 18.6. The van der Waals surface area contributed by atoms with E-state index in [-0.39, 0.29) is 0 Å². The van der Waals surface area contributed by atoms with Crippen LogP contribution in [0.25, 0.3) is 0 Å². The lowest BCUT2D eigenvalue weighted by Crippen LogP contribution is -2.34. The summed E-state index contributed by atoms with van der Waals surface area (Å²) in [4.78, 5) is 0. The largest absolute Gasteiger partial charge is 0.316 e. The maximum Gasteiger partial charge on any atom is 0.00103 e. The molecule has 0 aromatic rings. The summed E-state index contributed by atoms with van der Waals surface area (Å²) in [7, 11) is 0. The second kappa shape index (κ2) is 8.97. The van der Waals surface area contributed by atoms with Gasteiger partial charge in [0, 0.05) is 12.6 Å². The van der Waals surface area contributed by atoms with Crippen LogP contribution in [-0.4, -0.2) is 25.7 Å². The number of unbranched alkanes of at least 4 members (excludes halogenated alkanes) is 1. The van der Waals surface area contributed by atoms with E-state index in [4.69, 9.17) is 0 Å². The van der Waals surface area contributed by atoms with Crippen LogP contribution >= 0.6 is 0 Å². The molecule has 0 unspecified atom stereocenters. The van der Waals surface area contributed by atoms with Crippen molar-refractivity contribution in [2.45, 2.75) is 78.7 Å². The van der Waals surface area contributed by atoms with E-state index in [1.54, 1.807) is 0 Å². The summed E-state index contributed by atoms with van der Waals surface area (Å²) in [5.74, 6) is 0.843. The fourth-order valence-corrected chi connectivity index (χ4v) is 3.56. The summed E-state index contributed by atoms with van der Waals surface area (Å²) >= 11 is 0. The van der Waals surface area contributed by atoms with Crippen LogP contribution < -0.4 is 10.6 Å². The van der Waals surface area contributed by atoms with Gasteiger partial charge in [-0.05, 0) is 56.5 Å². The highest BCUT2D eigenvalue weighted by molar-refractivity contribution is 4.87. The Bertz CT molecular complexity index is 217. The molecule has 2 nitrogen and oxygen atoms in total. The molecule has 1 rings (SSSR count).